The molecule has 0 saturated carbocycles. The van der Waals surface area contributed by atoms with Crippen molar-refractivity contribution in [1.29, 1.82) is 0 Å². The Morgan fingerprint density at radius 2 is 1.68 bits per heavy atom. The zero-order valence-electron chi connectivity index (χ0n) is 14.7. The molecule has 0 radical (unpaired) electrons. The number of amides is 1. The van der Waals surface area contributed by atoms with Crippen molar-refractivity contribution in [3.8, 4) is 0 Å². The van der Waals surface area contributed by atoms with Gasteiger partial charge in [-0.2, -0.15) is 5.10 Å². The van der Waals surface area contributed by atoms with E-state index < -0.39 is 0 Å². The van der Waals surface area contributed by atoms with E-state index in [4.69, 9.17) is 0 Å². The second-order valence-electron chi connectivity index (χ2n) is 6.94. The largest absolute Gasteiger partial charge is 0.341 e. The lowest BCUT2D eigenvalue weighted by atomic mass is 9.99. The second-order valence-corrected chi connectivity index (χ2v) is 6.94. The molecule has 25 heavy (non-hydrogen) atoms. The predicted octanol–water partition coefficient (Wildman–Crippen LogP) is 3.55. The van der Waals surface area contributed by atoms with Crippen LogP contribution in [0.3, 0.4) is 0 Å². The number of hydrogen-bond acceptors (Lipinski definition) is 3. The van der Waals surface area contributed by atoms with Crippen LogP contribution in [-0.4, -0.2) is 20.7 Å². The second kappa shape index (κ2) is 6.89. The fourth-order valence-corrected chi connectivity index (χ4v) is 2.58. The van der Waals surface area contributed by atoms with Crippen LogP contribution in [0.4, 0.5) is 0 Å². The van der Waals surface area contributed by atoms with Crippen LogP contribution in [0.15, 0.2) is 67.3 Å². The van der Waals surface area contributed by atoms with Gasteiger partial charge < -0.3 is 5.32 Å². The summed E-state index contributed by atoms with van der Waals surface area (Å²) in [6, 6.07) is 13.5. The maximum absolute atomic E-state index is 12.8. The van der Waals surface area contributed by atoms with Gasteiger partial charge in [0, 0.05) is 18.6 Å². The fraction of sp³-hybridized carbons (Fsp3) is 0.250. The number of carbonyl (C=O) groups is 1. The first-order valence-electron chi connectivity index (χ1n) is 8.26. The Balaban J connectivity index is 1.88. The van der Waals surface area contributed by atoms with Crippen LogP contribution >= 0.6 is 0 Å². The van der Waals surface area contributed by atoms with Crippen molar-refractivity contribution < 1.29 is 4.79 Å². The fourth-order valence-electron chi connectivity index (χ4n) is 2.58. The van der Waals surface area contributed by atoms with Gasteiger partial charge in [-0.15, -0.1) is 0 Å². The summed E-state index contributed by atoms with van der Waals surface area (Å²) in [4.78, 5) is 16.8. The maximum Gasteiger partial charge on any atom is 0.255 e. The number of nitrogens with zero attached hydrogens (tertiary/aromatic N) is 3. The molecule has 0 aliphatic carbocycles. The minimum atomic E-state index is -0.241. The average molecular weight is 334 g/mol. The molecule has 2 heterocycles. The van der Waals surface area contributed by atoms with Gasteiger partial charge in [0.1, 0.15) is 0 Å². The van der Waals surface area contributed by atoms with Gasteiger partial charge >= 0.3 is 0 Å². The first-order valence-corrected chi connectivity index (χ1v) is 8.26. The molecule has 2 aromatic heterocycles. The van der Waals surface area contributed by atoms with Gasteiger partial charge in [0.15, 0.2) is 0 Å². The summed E-state index contributed by atoms with van der Waals surface area (Å²) in [5.41, 5.74) is 2.38. The maximum atomic E-state index is 12.8. The van der Waals surface area contributed by atoms with Crippen molar-refractivity contribution in [2.45, 2.75) is 32.4 Å². The number of aromatic nitrogens is 3. The van der Waals surface area contributed by atoms with Crippen LogP contribution in [0.5, 0.6) is 0 Å². The van der Waals surface area contributed by atoms with Crippen molar-refractivity contribution in [1.82, 2.24) is 20.1 Å². The van der Waals surface area contributed by atoms with Crippen molar-refractivity contribution in [3.05, 3.63) is 83.9 Å². The van der Waals surface area contributed by atoms with Crippen molar-refractivity contribution >= 4 is 5.91 Å². The molecule has 5 heteroatoms. The zero-order valence-corrected chi connectivity index (χ0v) is 14.7. The Morgan fingerprint density at radius 1 is 1.04 bits per heavy atom. The van der Waals surface area contributed by atoms with Crippen LogP contribution in [0.1, 0.15) is 48.3 Å². The number of nitrogens with one attached hydrogen (secondary N) is 1. The van der Waals surface area contributed by atoms with Crippen molar-refractivity contribution in [3.63, 3.8) is 0 Å². The van der Waals surface area contributed by atoms with Gasteiger partial charge in [-0.05, 0) is 44.0 Å². The van der Waals surface area contributed by atoms with Crippen LogP contribution < -0.4 is 5.32 Å². The molecule has 0 aliphatic heterocycles. The van der Waals surface area contributed by atoms with Gasteiger partial charge in [-0.3, -0.25) is 14.5 Å². The van der Waals surface area contributed by atoms with E-state index in [1.807, 2.05) is 63.2 Å². The van der Waals surface area contributed by atoms with Crippen LogP contribution in [-0.2, 0) is 5.54 Å². The van der Waals surface area contributed by atoms with Gasteiger partial charge in [0.25, 0.3) is 5.91 Å². The quantitative estimate of drug-likeness (QED) is 0.794. The summed E-state index contributed by atoms with van der Waals surface area (Å²) in [5, 5.41) is 7.42. The Hall–Kier alpha value is -2.95. The van der Waals surface area contributed by atoms with Gasteiger partial charge in [0.2, 0.25) is 0 Å². The van der Waals surface area contributed by atoms with Crippen LogP contribution in [0, 0.1) is 0 Å². The molecule has 128 valence electrons. The highest BCUT2D eigenvalue weighted by Gasteiger charge is 2.20. The molecule has 0 saturated heterocycles. The van der Waals surface area contributed by atoms with E-state index in [9.17, 15) is 4.79 Å². The standard InChI is InChI=1S/C20H22N4O/c1-20(2,3)24-14-17(13-22-24)19(25)23-18(15-7-5-4-6-8-15)16-9-11-21-12-10-16/h4-14,18H,1-3H3,(H,23,25)/t18-/m1/s1. The molecular formula is C20H22N4O. The van der Waals surface area contributed by atoms with Gasteiger partial charge in [-0.1, -0.05) is 30.3 Å². The molecule has 3 aromatic rings. The molecule has 1 aromatic carbocycles. The van der Waals surface area contributed by atoms with E-state index >= 15 is 0 Å². The third-order valence-corrected chi connectivity index (χ3v) is 3.98. The molecule has 1 N–H and O–H groups in total. The third kappa shape index (κ3) is 3.94. The lowest BCUT2D eigenvalue weighted by molar-refractivity contribution is 0.0942. The van der Waals surface area contributed by atoms with E-state index in [2.05, 4.69) is 15.4 Å². The van der Waals surface area contributed by atoms with Gasteiger partial charge in [-0.25, -0.2) is 0 Å². The molecule has 1 atom stereocenters. The number of benzene rings is 1. The minimum Gasteiger partial charge on any atom is -0.341 e. The molecule has 0 unspecified atom stereocenters. The Bertz CT molecular complexity index is 795. The monoisotopic (exact) mass is 334 g/mol. The highest BCUT2D eigenvalue weighted by molar-refractivity contribution is 5.94. The van der Waals surface area contributed by atoms with Gasteiger partial charge in [0.05, 0.1) is 23.3 Å². The van der Waals surface area contributed by atoms with E-state index in [1.165, 1.54) is 0 Å². The number of rotatable bonds is 4. The summed E-state index contributed by atoms with van der Waals surface area (Å²) in [7, 11) is 0. The van der Waals surface area contributed by atoms with E-state index in [1.54, 1.807) is 29.5 Å². The highest BCUT2D eigenvalue weighted by atomic mass is 16.1. The lowest BCUT2D eigenvalue weighted by Crippen LogP contribution is -2.29. The Labute approximate surface area is 147 Å². The smallest absolute Gasteiger partial charge is 0.255 e. The summed E-state index contributed by atoms with van der Waals surface area (Å²) in [5.74, 6) is -0.152. The normalized spacial score (nSPS) is 12.6. The van der Waals surface area contributed by atoms with E-state index in [-0.39, 0.29) is 17.5 Å². The molecule has 0 spiro atoms. The van der Waals surface area contributed by atoms with E-state index in [0.717, 1.165) is 11.1 Å². The number of pyridine rings is 1. The molecule has 0 bridgehead atoms. The minimum absolute atomic E-state index is 0.152. The van der Waals surface area contributed by atoms with E-state index in [0.29, 0.717) is 5.56 Å². The summed E-state index contributed by atoms with van der Waals surface area (Å²) in [6.45, 7) is 6.14. The van der Waals surface area contributed by atoms with Crippen LogP contribution in [0.25, 0.3) is 0 Å². The Morgan fingerprint density at radius 3 is 2.28 bits per heavy atom. The highest BCUT2D eigenvalue weighted by Crippen LogP contribution is 2.22. The molecular weight excluding hydrogens is 312 g/mol. The van der Waals surface area contributed by atoms with Crippen molar-refractivity contribution in [2.24, 2.45) is 0 Å². The predicted molar refractivity (Wildman–Crippen MR) is 97.2 cm³/mol. The molecule has 0 fully saturated rings. The third-order valence-electron chi connectivity index (χ3n) is 3.98. The number of carbonyl (C=O) groups excluding carboxylic acids is 1. The average Bonchev–Trinajstić information content (AvgIpc) is 3.12. The molecule has 0 aliphatic rings. The SMILES string of the molecule is CC(C)(C)n1cc(C(=O)N[C@H](c2ccccc2)c2ccncc2)cn1. The first kappa shape index (κ1) is 16.9. The molecule has 1 amide bonds. The van der Waals surface area contributed by atoms with Crippen molar-refractivity contribution in [2.75, 3.05) is 0 Å². The molecule has 3 rings (SSSR count). The summed E-state index contributed by atoms with van der Waals surface area (Å²) >= 11 is 0. The summed E-state index contributed by atoms with van der Waals surface area (Å²) in [6.07, 6.45) is 6.85. The first-order chi connectivity index (χ1) is 11.9. The lowest BCUT2D eigenvalue weighted by Gasteiger charge is -2.20. The Kier molecular flexibility index (Phi) is 4.65. The van der Waals surface area contributed by atoms with Crippen LogP contribution in [0.2, 0.25) is 0 Å². The summed E-state index contributed by atoms with van der Waals surface area (Å²) < 4.78 is 1.80. The zero-order chi connectivity index (χ0) is 17.9. The topological polar surface area (TPSA) is 59.8 Å². The molecule has 5 nitrogen and oxygen atoms in total. The number of hydrogen-bond donors (Lipinski definition) is 1.